The molecule has 0 spiro atoms. The monoisotopic (exact) mass is 438 g/mol. The molecule has 4 rings (SSSR count). The molecule has 31 heavy (non-hydrogen) atoms. The number of hydrogen-bond donors (Lipinski definition) is 0. The lowest BCUT2D eigenvalue weighted by Crippen LogP contribution is -2.33. The third-order valence-corrected chi connectivity index (χ3v) is 6.56. The van der Waals surface area contributed by atoms with Crippen molar-refractivity contribution in [3.05, 3.63) is 70.4 Å². The van der Waals surface area contributed by atoms with E-state index in [9.17, 15) is 4.79 Å². The van der Waals surface area contributed by atoms with E-state index < -0.39 is 0 Å². The number of rotatable bonds is 8. The van der Waals surface area contributed by atoms with E-state index in [1.165, 1.54) is 43.5 Å². The fraction of sp³-hybridized carbons (Fsp3) is 0.423. The third kappa shape index (κ3) is 5.31. The normalized spacial score (nSPS) is 16.6. The quantitative estimate of drug-likeness (QED) is 0.401. The molecule has 0 amide bonds. The Hall–Kier alpha value is -2.30. The number of benzene rings is 2. The number of halogens is 1. The highest BCUT2D eigenvalue weighted by Crippen LogP contribution is 2.35. The highest BCUT2D eigenvalue weighted by Gasteiger charge is 2.21. The summed E-state index contributed by atoms with van der Waals surface area (Å²) in [7, 11) is 0. The van der Waals surface area contributed by atoms with E-state index in [4.69, 9.17) is 16.3 Å². The summed E-state index contributed by atoms with van der Waals surface area (Å²) >= 11 is 6.17. The average molecular weight is 439 g/mol. The van der Waals surface area contributed by atoms with Crippen molar-refractivity contribution in [2.24, 2.45) is 0 Å². The van der Waals surface area contributed by atoms with Gasteiger partial charge >= 0.3 is 0 Å². The minimum absolute atomic E-state index is 0.0813. The van der Waals surface area contributed by atoms with Crippen molar-refractivity contribution in [2.75, 3.05) is 37.7 Å². The first kappa shape index (κ1) is 21.9. The lowest BCUT2D eigenvalue weighted by molar-refractivity contribution is 0.104. The van der Waals surface area contributed by atoms with Gasteiger partial charge in [-0.05, 0) is 68.1 Å². The number of ether oxygens (including phenoxy) is 1. The fourth-order valence-electron chi connectivity index (χ4n) is 4.44. The zero-order chi connectivity index (χ0) is 21.6. The molecule has 164 valence electrons. The van der Waals surface area contributed by atoms with Gasteiger partial charge in [0.1, 0.15) is 12.4 Å². The number of likely N-dealkylation sites (tertiary alicyclic amines) is 1. The molecule has 2 heterocycles. The molecule has 0 aliphatic carbocycles. The Balaban J connectivity index is 1.45. The highest BCUT2D eigenvalue weighted by atomic mass is 35.5. The standard InChI is InChI=1S/C26H31ClN2O2/c1-2-20-18-21-10-14-29(15-11-25(30)22-8-4-5-9-23(22)27)24(21)19-26(20)31-17-16-28-12-6-3-7-13-28/h4-5,8-9,11,15,18-19H,2-3,6-7,10,12-14,16-17H2,1H3. The predicted octanol–water partition coefficient (Wildman–Crippen LogP) is 5.53. The Morgan fingerprint density at radius 2 is 1.94 bits per heavy atom. The molecule has 0 unspecified atom stereocenters. The predicted molar refractivity (Wildman–Crippen MR) is 128 cm³/mol. The maximum Gasteiger partial charge on any atom is 0.188 e. The van der Waals surface area contributed by atoms with Crippen molar-refractivity contribution >= 4 is 23.1 Å². The van der Waals surface area contributed by atoms with E-state index in [0.717, 1.165) is 37.4 Å². The fourth-order valence-corrected chi connectivity index (χ4v) is 4.66. The third-order valence-electron chi connectivity index (χ3n) is 6.23. The molecule has 2 aromatic carbocycles. The summed E-state index contributed by atoms with van der Waals surface area (Å²) in [6, 6.07) is 11.6. The number of carbonyl (C=O) groups excluding carboxylic acids is 1. The molecule has 0 aromatic heterocycles. The van der Waals surface area contributed by atoms with Crippen LogP contribution in [0.15, 0.2) is 48.7 Å². The van der Waals surface area contributed by atoms with E-state index in [0.29, 0.717) is 17.2 Å². The van der Waals surface area contributed by atoms with E-state index in [1.807, 2.05) is 18.3 Å². The van der Waals surface area contributed by atoms with Crippen molar-refractivity contribution in [3.8, 4) is 5.75 Å². The summed E-state index contributed by atoms with van der Waals surface area (Å²) in [5, 5.41) is 0.482. The first-order valence-electron chi connectivity index (χ1n) is 11.4. The molecule has 0 saturated carbocycles. The van der Waals surface area contributed by atoms with Gasteiger partial charge in [0.25, 0.3) is 0 Å². The molecule has 0 atom stereocenters. The SMILES string of the molecule is CCc1cc2c(cc1OCCN1CCCCC1)N(C=CC(=O)c1ccccc1Cl)CC2. The number of piperidine rings is 1. The first-order chi connectivity index (χ1) is 15.2. The Bertz CT molecular complexity index is 950. The lowest BCUT2D eigenvalue weighted by Gasteiger charge is -2.26. The second kappa shape index (κ2) is 10.3. The minimum Gasteiger partial charge on any atom is -0.492 e. The van der Waals surface area contributed by atoms with Crippen LogP contribution in [0.2, 0.25) is 5.02 Å². The number of nitrogens with zero attached hydrogens (tertiary/aromatic N) is 2. The molecule has 5 heteroatoms. The maximum absolute atomic E-state index is 12.6. The molecule has 1 fully saturated rings. The van der Waals surface area contributed by atoms with E-state index in [1.54, 1.807) is 18.2 Å². The van der Waals surface area contributed by atoms with Crippen LogP contribution in [0.4, 0.5) is 5.69 Å². The molecule has 0 N–H and O–H groups in total. The summed E-state index contributed by atoms with van der Waals surface area (Å²) < 4.78 is 6.24. The van der Waals surface area contributed by atoms with Gasteiger partial charge in [-0.25, -0.2) is 0 Å². The van der Waals surface area contributed by atoms with Crippen molar-refractivity contribution in [1.29, 1.82) is 0 Å². The number of hydrogen-bond acceptors (Lipinski definition) is 4. The van der Waals surface area contributed by atoms with Gasteiger partial charge in [0.15, 0.2) is 5.78 Å². The molecule has 0 bridgehead atoms. The molecule has 1 saturated heterocycles. The summed E-state index contributed by atoms with van der Waals surface area (Å²) in [6.07, 6.45) is 9.36. The second-order valence-electron chi connectivity index (χ2n) is 8.30. The molecule has 0 radical (unpaired) electrons. The van der Waals surface area contributed by atoms with Gasteiger partial charge in [-0.3, -0.25) is 9.69 Å². The number of aryl methyl sites for hydroxylation is 1. The zero-order valence-electron chi connectivity index (χ0n) is 18.3. The van der Waals surface area contributed by atoms with Crippen LogP contribution in [0.1, 0.15) is 47.7 Å². The molecular formula is C26H31ClN2O2. The molecule has 2 aromatic rings. The van der Waals surface area contributed by atoms with Gasteiger partial charge in [0, 0.05) is 42.7 Å². The molecule has 2 aliphatic rings. The molecule has 4 nitrogen and oxygen atoms in total. The Morgan fingerprint density at radius 1 is 1.13 bits per heavy atom. The van der Waals surface area contributed by atoms with Crippen LogP contribution >= 0.6 is 11.6 Å². The van der Waals surface area contributed by atoms with Crippen molar-refractivity contribution < 1.29 is 9.53 Å². The largest absolute Gasteiger partial charge is 0.492 e. The lowest BCUT2D eigenvalue weighted by atomic mass is 10.1. The Labute approximate surface area is 190 Å². The second-order valence-corrected chi connectivity index (χ2v) is 8.70. The maximum atomic E-state index is 12.6. The van der Waals surface area contributed by atoms with E-state index >= 15 is 0 Å². The van der Waals surface area contributed by atoms with Gasteiger partial charge in [0.2, 0.25) is 0 Å². The van der Waals surface area contributed by atoms with Crippen LogP contribution in [0.5, 0.6) is 5.75 Å². The van der Waals surface area contributed by atoms with E-state index in [2.05, 4.69) is 28.9 Å². The highest BCUT2D eigenvalue weighted by molar-refractivity contribution is 6.34. The van der Waals surface area contributed by atoms with Crippen molar-refractivity contribution in [3.63, 3.8) is 0 Å². The smallest absolute Gasteiger partial charge is 0.188 e. The zero-order valence-corrected chi connectivity index (χ0v) is 19.0. The minimum atomic E-state index is -0.0813. The Morgan fingerprint density at radius 3 is 2.71 bits per heavy atom. The molecule has 2 aliphatic heterocycles. The average Bonchev–Trinajstić information content (AvgIpc) is 3.19. The number of anilines is 1. The van der Waals surface area contributed by atoms with Gasteiger partial charge in [-0.15, -0.1) is 0 Å². The van der Waals surface area contributed by atoms with Gasteiger partial charge in [-0.2, -0.15) is 0 Å². The molecular weight excluding hydrogens is 408 g/mol. The van der Waals surface area contributed by atoms with E-state index in [-0.39, 0.29) is 5.78 Å². The van der Waals surface area contributed by atoms with Crippen LogP contribution in [0, 0.1) is 0 Å². The summed E-state index contributed by atoms with van der Waals surface area (Å²) in [5.41, 5.74) is 4.24. The number of carbonyl (C=O) groups is 1. The van der Waals surface area contributed by atoms with Crippen LogP contribution in [-0.4, -0.2) is 43.5 Å². The number of fused-ring (bicyclic) bond motifs is 1. The van der Waals surface area contributed by atoms with Crippen LogP contribution in [0.25, 0.3) is 0 Å². The van der Waals surface area contributed by atoms with Gasteiger partial charge in [0.05, 0.1) is 5.02 Å². The number of ketones is 1. The summed E-state index contributed by atoms with van der Waals surface area (Å²) in [5.74, 6) is 0.887. The van der Waals surface area contributed by atoms with Crippen molar-refractivity contribution in [1.82, 2.24) is 4.90 Å². The summed E-state index contributed by atoms with van der Waals surface area (Å²) in [4.78, 5) is 17.2. The number of allylic oxidation sites excluding steroid dienone is 1. The van der Waals surface area contributed by atoms with Crippen LogP contribution in [-0.2, 0) is 12.8 Å². The topological polar surface area (TPSA) is 32.8 Å². The van der Waals surface area contributed by atoms with Crippen LogP contribution < -0.4 is 9.64 Å². The summed E-state index contributed by atoms with van der Waals surface area (Å²) in [6.45, 7) is 7.11. The first-order valence-corrected chi connectivity index (χ1v) is 11.8. The Kier molecular flexibility index (Phi) is 7.31. The van der Waals surface area contributed by atoms with Crippen molar-refractivity contribution in [2.45, 2.75) is 39.0 Å². The van der Waals surface area contributed by atoms with Crippen LogP contribution in [0.3, 0.4) is 0 Å². The van der Waals surface area contributed by atoms with Gasteiger partial charge in [-0.1, -0.05) is 37.1 Å². The van der Waals surface area contributed by atoms with Gasteiger partial charge < -0.3 is 9.64 Å².